The lowest BCUT2D eigenvalue weighted by molar-refractivity contribution is -0.121. The summed E-state index contributed by atoms with van der Waals surface area (Å²) < 4.78 is 23.3. The Morgan fingerprint density at radius 1 is 1.06 bits per heavy atom. The zero-order chi connectivity index (χ0) is 23.8. The summed E-state index contributed by atoms with van der Waals surface area (Å²) in [4.78, 5) is 14.2. The van der Waals surface area contributed by atoms with Gasteiger partial charge >= 0.3 is 0 Å². The lowest BCUT2D eigenvalue weighted by Gasteiger charge is -2.15. The molecule has 2 aromatic rings. The van der Waals surface area contributed by atoms with Gasteiger partial charge in [-0.05, 0) is 49.8 Å². The number of nitrogens with zero attached hydrogens (tertiary/aromatic N) is 1. The summed E-state index contributed by atoms with van der Waals surface area (Å²) in [6.07, 6.45) is 1.75. The fourth-order valence-electron chi connectivity index (χ4n) is 2.93. The van der Waals surface area contributed by atoms with Gasteiger partial charge in [0.2, 0.25) is 0 Å². The standard InChI is InChI=1S/C24H26ClNO5S2/c1-4-29-20-14-17(15-21-23(27)26(3)24(32)33-21)13-19(25)22(20)31-12-10-28-9-11-30-18-7-5-16(2)6-8-18/h5-8,13-15H,4,9-12H2,1-3H3/b21-15+. The third-order valence-corrected chi connectivity index (χ3v) is 6.37. The van der Waals surface area contributed by atoms with Crippen LogP contribution in [-0.4, -0.2) is 55.2 Å². The average Bonchev–Trinajstić information content (AvgIpc) is 3.02. The molecule has 0 unspecified atom stereocenters. The molecule has 0 radical (unpaired) electrons. The van der Waals surface area contributed by atoms with Gasteiger partial charge in [0.15, 0.2) is 11.5 Å². The molecule has 1 heterocycles. The first-order valence-corrected chi connectivity index (χ1v) is 12.1. The Bertz CT molecular complexity index is 1030. The Labute approximate surface area is 208 Å². The van der Waals surface area contributed by atoms with Crippen molar-refractivity contribution in [2.24, 2.45) is 0 Å². The molecule has 0 atom stereocenters. The maximum atomic E-state index is 12.3. The van der Waals surface area contributed by atoms with Crippen molar-refractivity contribution < 1.29 is 23.7 Å². The molecule has 0 spiro atoms. The summed E-state index contributed by atoms with van der Waals surface area (Å²) in [5, 5.41) is 0.391. The number of hydrogen-bond acceptors (Lipinski definition) is 7. The Balaban J connectivity index is 1.52. The number of amides is 1. The van der Waals surface area contributed by atoms with Crippen molar-refractivity contribution in [3.63, 3.8) is 0 Å². The summed E-state index contributed by atoms with van der Waals surface area (Å²) in [7, 11) is 1.66. The SMILES string of the molecule is CCOc1cc(/C=C2/SC(=S)N(C)C2=O)cc(Cl)c1OCCOCCOc1ccc(C)cc1. The number of carbonyl (C=O) groups excluding carboxylic acids is 1. The van der Waals surface area contributed by atoms with Crippen molar-refractivity contribution in [3.8, 4) is 17.2 Å². The molecule has 1 amide bonds. The largest absolute Gasteiger partial charge is 0.491 e. The van der Waals surface area contributed by atoms with Crippen LogP contribution in [0, 0.1) is 6.92 Å². The third kappa shape index (κ3) is 7.11. The zero-order valence-corrected chi connectivity index (χ0v) is 21.1. The molecule has 3 rings (SSSR count). The number of aryl methyl sites for hydroxylation is 1. The quantitative estimate of drug-likeness (QED) is 0.231. The molecule has 0 aliphatic carbocycles. The first-order chi connectivity index (χ1) is 15.9. The summed E-state index contributed by atoms with van der Waals surface area (Å²) in [6, 6.07) is 11.4. The second-order valence-electron chi connectivity index (χ2n) is 7.13. The van der Waals surface area contributed by atoms with E-state index in [1.165, 1.54) is 22.2 Å². The van der Waals surface area contributed by atoms with Gasteiger partial charge in [-0.1, -0.05) is 53.3 Å². The van der Waals surface area contributed by atoms with Gasteiger partial charge < -0.3 is 18.9 Å². The number of ether oxygens (including phenoxy) is 4. The second kappa shape index (κ2) is 12.3. The molecular weight excluding hydrogens is 482 g/mol. The average molecular weight is 508 g/mol. The van der Waals surface area contributed by atoms with Gasteiger partial charge in [-0.25, -0.2) is 0 Å². The van der Waals surface area contributed by atoms with E-state index in [-0.39, 0.29) is 5.91 Å². The molecule has 33 heavy (non-hydrogen) atoms. The first-order valence-electron chi connectivity index (χ1n) is 10.5. The predicted molar refractivity (Wildman–Crippen MR) is 137 cm³/mol. The molecule has 1 aliphatic rings. The molecule has 0 aromatic heterocycles. The van der Waals surface area contributed by atoms with Gasteiger partial charge in [-0.3, -0.25) is 9.69 Å². The van der Waals surface area contributed by atoms with E-state index >= 15 is 0 Å². The summed E-state index contributed by atoms with van der Waals surface area (Å²) >= 11 is 12.9. The number of likely N-dealkylation sites (N-methyl/N-ethyl adjacent to an activating group) is 1. The van der Waals surface area contributed by atoms with Gasteiger partial charge in [0.05, 0.1) is 29.7 Å². The van der Waals surface area contributed by atoms with Crippen LogP contribution in [-0.2, 0) is 9.53 Å². The second-order valence-corrected chi connectivity index (χ2v) is 9.21. The molecule has 6 nitrogen and oxygen atoms in total. The van der Waals surface area contributed by atoms with E-state index in [0.29, 0.717) is 58.8 Å². The molecule has 1 aliphatic heterocycles. The molecule has 2 aromatic carbocycles. The van der Waals surface area contributed by atoms with Crippen molar-refractivity contribution in [3.05, 3.63) is 57.5 Å². The van der Waals surface area contributed by atoms with Gasteiger partial charge in [0.1, 0.15) is 23.3 Å². The minimum Gasteiger partial charge on any atom is -0.491 e. The maximum Gasteiger partial charge on any atom is 0.265 e. The molecule has 176 valence electrons. The van der Waals surface area contributed by atoms with Gasteiger partial charge in [0.25, 0.3) is 5.91 Å². The van der Waals surface area contributed by atoms with Crippen LogP contribution in [0.3, 0.4) is 0 Å². The minimum absolute atomic E-state index is 0.136. The molecule has 9 heteroatoms. The Hall–Kier alpha value is -2.26. The molecule has 1 fully saturated rings. The monoisotopic (exact) mass is 507 g/mol. The number of thiocarbonyl (C=S) groups is 1. The van der Waals surface area contributed by atoms with E-state index in [1.807, 2.05) is 38.1 Å². The topological polar surface area (TPSA) is 57.2 Å². The van der Waals surface area contributed by atoms with Crippen LogP contribution in [0.25, 0.3) is 6.08 Å². The number of hydrogen-bond donors (Lipinski definition) is 0. The van der Waals surface area contributed by atoms with Crippen molar-refractivity contribution in [2.45, 2.75) is 13.8 Å². The minimum atomic E-state index is -0.136. The number of rotatable bonds is 11. The first kappa shape index (κ1) is 25.4. The van der Waals surface area contributed by atoms with Crippen molar-refractivity contribution in [2.75, 3.05) is 40.1 Å². The van der Waals surface area contributed by atoms with E-state index in [2.05, 4.69) is 0 Å². The van der Waals surface area contributed by atoms with Gasteiger partial charge in [-0.2, -0.15) is 0 Å². The lowest BCUT2D eigenvalue weighted by atomic mass is 10.1. The zero-order valence-electron chi connectivity index (χ0n) is 18.8. The number of halogens is 1. The molecule has 1 saturated heterocycles. The fourth-order valence-corrected chi connectivity index (χ4v) is 4.38. The van der Waals surface area contributed by atoms with Gasteiger partial charge in [-0.15, -0.1) is 0 Å². The highest BCUT2D eigenvalue weighted by Gasteiger charge is 2.28. The smallest absolute Gasteiger partial charge is 0.265 e. The van der Waals surface area contributed by atoms with E-state index in [9.17, 15) is 4.79 Å². The molecule has 0 saturated carbocycles. The van der Waals surface area contributed by atoms with E-state index in [1.54, 1.807) is 25.3 Å². The van der Waals surface area contributed by atoms with Crippen LogP contribution in [0.4, 0.5) is 0 Å². The highest BCUT2D eigenvalue weighted by molar-refractivity contribution is 8.26. The third-order valence-electron chi connectivity index (χ3n) is 4.61. The van der Waals surface area contributed by atoms with Crippen LogP contribution >= 0.6 is 35.6 Å². The Morgan fingerprint density at radius 3 is 2.39 bits per heavy atom. The fraction of sp³-hybridized carbons (Fsp3) is 0.333. The number of benzene rings is 2. The van der Waals surface area contributed by atoms with Crippen LogP contribution in [0.5, 0.6) is 17.2 Å². The van der Waals surface area contributed by atoms with Crippen LogP contribution < -0.4 is 14.2 Å². The van der Waals surface area contributed by atoms with Crippen molar-refractivity contribution >= 4 is 51.9 Å². The predicted octanol–water partition coefficient (Wildman–Crippen LogP) is 5.35. The number of carbonyl (C=O) groups is 1. The summed E-state index contributed by atoms with van der Waals surface area (Å²) in [5.74, 6) is 1.63. The van der Waals surface area contributed by atoms with Gasteiger partial charge in [0, 0.05) is 7.05 Å². The lowest BCUT2D eigenvalue weighted by Crippen LogP contribution is -2.22. The highest BCUT2D eigenvalue weighted by Crippen LogP contribution is 2.39. The molecule has 0 bridgehead atoms. The highest BCUT2D eigenvalue weighted by atomic mass is 35.5. The number of thioether (sulfide) groups is 1. The van der Waals surface area contributed by atoms with Crippen LogP contribution in [0.2, 0.25) is 5.02 Å². The maximum absolute atomic E-state index is 12.3. The summed E-state index contributed by atoms with van der Waals surface area (Å²) in [6.45, 7) is 5.93. The van der Waals surface area contributed by atoms with Crippen LogP contribution in [0.15, 0.2) is 41.3 Å². The van der Waals surface area contributed by atoms with E-state index in [4.69, 9.17) is 42.8 Å². The van der Waals surface area contributed by atoms with E-state index in [0.717, 1.165) is 11.3 Å². The van der Waals surface area contributed by atoms with E-state index < -0.39 is 0 Å². The Morgan fingerprint density at radius 2 is 1.76 bits per heavy atom. The normalized spacial score (nSPS) is 14.8. The molecule has 0 N–H and O–H groups in total. The van der Waals surface area contributed by atoms with Crippen molar-refractivity contribution in [1.29, 1.82) is 0 Å². The molecular formula is C24H26ClNO5S2. The Kier molecular flexibility index (Phi) is 9.43. The van der Waals surface area contributed by atoms with Crippen molar-refractivity contribution in [1.82, 2.24) is 4.90 Å². The van der Waals surface area contributed by atoms with Crippen LogP contribution in [0.1, 0.15) is 18.1 Å². The summed E-state index contributed by atoms with van der Waals surface area (Å²) in [5.41, 5.74) is 1.92.